The molecule has 0 radical (unpaired) electrons. The van der Waals surface area contributed by atoms with Crippen LogP contribution in [0.1, 0.15) is 80.0 Å². The Bertz CT molecular complexity index is 1510. The third kappa shape index (κ3) is 8.99. The zero-order chi connectivity index (χ0) is 32.5. The molecule has 2 amide bonds. The maximum atomic E-state index is 12.2. The Morgan fingerprint density at radius 2 is 1.89 bits per heavy atom. The van der Waals surface area contributed by atoms with Gasteiger partial charge in [-0.1, -0.05) is 35.9 Å². The molecular weight excluding hydrogens is 604 g/mol. The number of unbranched alkanes of at least 4 members (excludes halogenated alkanes) is 2. The van der Waals surface area contributed by atoms with Crippen molar-refractivity contribution in [1.82, 2.24) is 15.6 Å². The summed E-state index contributed by atoms with van der Waals surface area (Å²) in [5, 5.41) is 15.3. The Morgan fingerprint density at radius 3 is 2.63 bits per heavy atom. The summed E-state index contributed by atoms with van der Waals surface area (Å²) in [7, 11) is 0. The number of hydrogen-bond donors (Lipinski definition) is 4. The summed E-state index contributed by atoms with van der Waals surface area (Å²) in [6.07, 6.45) is 12.3. The van der Waals surface area contributed by atoms with Crippen molar-refractivity contribution in [3.05, 3.63) is 82.1 Å². The predicted octanol–water partition coefficient (Wildman–Crippen LogP) is 6.66. The summed E-state index contributed by atoms with van der Waals surface area (Å²) in [4.78, 5) is 28.1. The lowest BCUT2D eigenvalue weighted by atomic mass is 9.96. The fourth-order valence-corrected chi connectivity index (χ4v) is 5.98. The minimum atomic E-state index is -1.04. The first kappa shape index (κ1) is 33.7. The maximum Gasteiger partial charge on any atom is 0.326 e. The minimum absolute atomic E-state index is 0.310. The van der Waals surface area contributed by atoms with Crippen molar-refractivity contribution in [2.24, 2.45) is 5.73 Å². The number of carbonyl (C=O) groups is 2. The highest BCUT2D eigenvalue weighted by Gasteiger charge is 2.47. The van der Waals surface area contributed by atoms with Gasteiger partial charge in [-0.15, -0.1) is 0 Å². The van der Waals surface area contributed by atoms with Crippen LogP contribution in [0.2, 0.25) is 5.02 Å². The summed E-state index contributed by atoms with van der Waals surface area (Å²) in [6.45, 7) is 3.44. The summed E-state index contributed by atoms with van der Waals surface area (Å²) in [6, 6.07) is 13.0. The number of nitrogens with zero attached hydrogens (tertiary/aromatic N) is 1. The van der Waals surface area contributed by atoms with Crippen LogP contribution < -0.4 is 21.1 Å². The number of amides is 2. The van der Waals surface area contributed by atoms with Crippen LogP contribution >= 0.6 is 11.6 Å². The van der Waals surface area contributed by atoms with Crippen molar-refractivity contribution in [2.45, 2.75) is 95.5 Å². The van der Waals surface area contributed by atoms with Crippen LogP contribution in [0.25, 0.3) is 11.1 Å². The molecule has 0 saturated heterocycles. The molecule has 46 heavy (non-hydrogen) atoms. The van der Waals surface area contributed by atoms with Gasteiger partial charge >= 0.3 is 12.0 Å². The number of halogens is 1. The predicted molar refractivity (Wildman–Crippen MR) is 179 cm³/mol. The van der Waals surface area contributed by atoms with E-state index in [2.05, 4.69) is 40.7 Å². The molecule has 0 unspecified atom stereocenters. The Morgan fingerprint density at radius 1 is 1.09 bits per heavy atom. The Kier molecular flexibility index (Phi) is 11.5. The number of nitrogens with one attached hydrogen (secondary N) is 2. The van der Waals surface area contributed by atoms with Gasteiger partial charge < -0.3 is 30.9 Å². The van der Waals surface area contributed by atoms with Crippen LogP contribution in [-0.2, 0) is 28.2 Å². The lowest BCUT2D eigenvalue weighted by Gasteiger charge is -2.22. The third-order valence-electron chi connectivity index (χ3n) is 8.73. The summed E-state index contributed by atoms with van der Waals surface area (Å²) in [5.41, 5.74) is 11.6. The van der Waals surface area contributed by atoms with E-state index in [-0.39, 0.29) is 0 Å². The Hall–Kier alpha value is -3.66. The molecule has 5 N–H and O–H groups in total. The molecule has 2 aliphatic rings. The molecule has 0 spiro atoms. The number of para-hydroxylation sites is 1. The van der Waals surface area contributed by atoms with Crippen molar-refractivity contribution >= 4 is 23.6 Å². The molecule has 2 saturated carbocycles. The number of rotatable bonds is 18. The average Bonchev–Trinajstić information content (AvgIpc) is 3.99. The van der Waals surface area contributed by atoms with Crippen LogP contribution in [-0.4, -0.2) is 47.3 Å². The fraction of sp³-hybridized carbons (Fsp3) is 0.472. The SMILES string of the molecule is Cc1cc(COC2(c3cnccc3-c3ccccc3OC3CC3)CC2)c(Cl)cc1CCCCNC(=O)N[C@H](CCCCN)C(=O)O. The first-order valence-electron chi connectivity index (χ1n) is 16.4. The number of nitrogens with two attached hydrogens (primary N) is 1. The van der Waals surface area contributed by atoms with Crippen LogP contribution in [0.4, 0.5) is 4.79 Å². The molecule has 10 heteroatoms. The second-order valence-corrected chi connectivity index (χ2v) is 12.8. The minimum Gasteiger partial charge on any atom is -0.490 e. The smallest absolute Gasteiger partial charge is 0.326 e. The van der Waals surface area contributed by atoms with E-state index in [4.69, 9.17) is 26.8 Å². The van der Waals surface area contributed by atoms with Gasteiger partial charge in [0, 0.05) is 35.1 Å². The van der Waals surface area contributed by atoms with E-state index in [1.165, 1.54) is 0 Å². The molecule has 2 fully saturated rings. The first-order chi connectivity index (χ1) is 22.3. The number of carbonyl (C=O) groups excluding carboxylic acids is 1. The molecule has 1 atom stereocenters. The number of ether oxygens (including phenoxy) is 2. The summed E-state index contributed by atoms with van der Waals surface area (Å²) in [5.74, 6) is -0.134. The summed E-state index contributed by atoms with van der Waals surface area (Å²) >= 11 is 6.77. The fourth-order valence-electron chi connectivity index (χ4n) is 5.73. The normalized spacial score (nSPS) is 15.6. The van der Waals surface area contributed by atoms with Crippen molar-refractivity contribution in [3.8, 4) is 16.9 Å². The van der Waals surface area contributed by atoms with Crippen molar-refractivity contribution in [2.75, 3.05) is 13.1 Å². The Labute approximate surface area is 276 Å². The standard InChI is InChI=1S/C36H45ClN4O5/c1-24-20-26(31(37)21-25(24)8-5-7-18-40-35(44)41-32(34(42)43)10-4-6-17-38)23-45-36(15-16-36)30-22-39-19-14-28(30)29-9-2-3-11-33(29)46-27-12-13-27/h2-3,9,11,14,19-22,27,32H,4-8,10,12-13,15-18,23,38H2,1H3,(H,42,43)(H2,40,41,44)/t32-/m1/s1. The molecule has 3 aromatic rings. The van der Waals surface area contributed by atoms with Crippen molar-refractivity contribution in [3.63, 3.8) is 0 Å². The molecular formula is C36H45ClN4O5. The monoisotopic (exact) mass is 648 g/mol. The maximum absolute atomic E-state index is 12.2. The first-order valence-corrected chi connectivity index (χ1v) is 16.8. The van der Waals surface area contributed by atoms with Gasteiger partial charge in [0.25, 0.3) is 0 Å². The van der Waals surface area contributed by atoms with Gasteiger partial charge in [-0.25, -0.2) is 9.59 Å². The van der Waals surface area contributed by atoms with E-state index >= 15 is 0 Å². The lowest BCUT2D eigenvalue weighted by molar-refractivity contribution is -0.139. The van der Waals surface area contributed by atoms with Gasteiger partial charge in [-0.2, -0.15) is 0 Å². The number of benzene rings is 2. The number of aryl methyl sites for hydroxylation is 2. The second-order valence-electron chi connectivity index (χ2n) is 12.4. The molecule has 1 heterocycles. The highest BCUT2D eigenvalue weighted by molar-refractivity contribution is 6.31. The molecule has 2 aliphatic carbocycles. The molecule has 0 aliphatic heterocycles. The highest BCUT2D eigenvalue weighted by Crippen LogP contribution is 2.53. The molecule has 246 valence electrons. The zero-order valence-corrected chi connectivity index (χ0v) is 27.3. The highest BCUT2D eigenvalue weighted by atomic mass is 35.5. The number of pyridine rings is 1. The van der Waals surface area contributed by atoms with Gasteiger partial charge in [0.05, 0.1) is 18.3 Å². The molecule has 5 rings (SSSR count). The number of urea groups is 1. The summed E-state index contributed by atoms with van der Waals surface area (Å²) < 4.78 is 12.9. The average molecular weight is 649 g/mol. The largest absolute Gasteiger partial charge is 0.490 e. The van der Waals surface area contributed by atoms with Gasteiger partial charge in [0.1, 0.15) is 11.8 Å². The Balaban J connectivity index is 1.13. The van der Waals surface area contributed by atoms with E-state index in [0.717, 1.165) is 90.5 Å². The quantitative estimate of drug-likeness (QED) is 0.113. The van der Waals surface area contributed by atoms with E-state index in [0.29, 0.717) is 43.7 Å². The van der Waals surface area contributed by atoms with Gasteiger partial charge in [-0.05, 0) is 118 Å². The number of carboxylic acids is 1. The van der Waals surface area contributed by atoms with E-state index in [1.807, 2.05) is 36.7 Å². The van der Waals surface area contributed by atoms with E-state index in [9.17, 15) is 14.7 Å². The number of hydrogen-bond acceptors (Lipinski definition) is 6. The molecule has 1 aromatic heterocycles. The third-order valence-corrected chi connectivity index (χ3v) is 9.08. The van der Waals surface area contributed by atoms with Crippen LogP contribution in [0, 0.1) is 6.92 Å². The molecule has 2 aromatic carbocycles. The lowest BCUT2D eigenvalue weighted by Crippen LogP contribution is -2.46. The topological polar surface area (TPSA) is 136 Å². The van der Waals surface area contributed by atoms with Crippen molar-refractivity contribution < 1.29 is 24.2 Å². The number of aliphatic carboxylic acids is 1. The molecule has 0 bridgehead atoms. The van der Waals surface area contributed by atoms with Crippen LogP contribution in [0.15, 0.2) is 54.9 Å². The van der Waals surface area contributed by atoms with Crippen molar-refractivity contribution in [1.29, 1.82) is 0 Å². The number of carboxylic acid groups (broad SMARTS) is 1. The van der Waals surface area contributed by atoms with E-state index in [1.54, 1.807) is 0 Å². The van der Waals surface area contributed by atoms with Gasteiger partial charge in [0.2, 0.25) is 0 Å². The van der Waals surface area contributed by atoms with E-state index < -0.39 is 23.6 Å². The van der Waals surface area contributed by atoms with Gasteiger partial charge in [0.15, 0.2) is 0 Å². The number of aromatic nitrogens is 1. The van der Waals surface area contributed by atoms with Gasteiger partial charge in [-0.3, -0.25) is 4.98 Å². The molecule has 9 nitrogen and oxygen atoms in total. The second kappa shape index (κ2) is 15.8. The zero-order valence-electron chi connectivity index (χ0n) is 26.5. The van der Waals surface area contributed by atoms with Crippen LogP contribution in [0.5, 0.6) is 5.75 Å². The van der Waals surface area contributed by atoms with Crippen LogP contribution in [0.3, 0.4) is 0 Å².